The van der Waals surface area contributed by atoms with Crippen LogP contribution in [0.1, 0.15) is 11.4 Å². The van der Waals surface area contributed by atoms with Crippen LogP contribution in [-0.2, 0) is 41.5 Å². The molecule has 2 aromatic rings. The number of imidazole rings is 2. The number of nitrogens with one attached hydrogen (secondary N) is 2. The fourth-order valence-corrected chi connectivity index (χ4v) is 1.99. The molecule has 0 bridgehead atoms. The van der Waals surface area contributed by atoms with Crippen LogP contribution in [0.2, 0.25) is 0 Å². The van der Waals surface area contributed by atoms with Crippen molar-refractivity contribution in [2.75, 3.05) is 0 Å². The number of H-pyrrole nitrogens is 2. The van der Waals surface area contributed by atoms with E-state index in [0.717, 1.165) is 0 Å². The average molecular weight is 390 g/mol. The topological polar surface area (TPSA) is 196 Å². The molecule has 0 fully saturated rings. The molecule has 0 spiro atoms. The number of nitrogens with zero attached hydrogens (tertiary/aromatic N) is 2. The van der Waals surface area contributed by atoms with Gasteiger partial charge in [0.05, 0.1) is 12.7 Å². The van der Waals surface area contributed by atoms with E-state index < -0.39 is 36.0 Å². The fraction of sp³-hybridized carbons (Fsp3) is 0.250. The Balaban J connectivity index is 1.75. The smallest absolute Gasteiger partial charge is 0.338 e. The summed E-state index contributed by atoms with van der Waals surface area (Å²) in [6.45, 7) is 0. The number of esters is 4. The Morgan fingerprint density at radius 3 is 1.57 bits per heavy atom. The Morgan fingerprint density at radius 1 is 0.857 bits per heavy atom. The van der Waals surface area contributed by atoms with Crippen LogP contribution in [0, 0.1) is 0 Å². The van der Waals surface area contributed by atoms with Crippen LogP contribution in [-0.4, -0.2) is 55.9 Å². The molecule has 0 aliphatic rings. The van der Waals surface area contributed by atoms with Crippen LogP contribution < -0.4 is 11.5 Å². The molecule has 0 aliphatic carbocycles. The van der Waals surface area contributed by atoms with Gasteiger partial charge in [-0.1, -0.05) is 0 Å². The van der Waals surface area contributed by atoms with E-state index >= 15 is 0 Å². The van der Waals surface area contributed by atoms with Gasteiger partial charge in [-0.15, -0.1) is 0 Å². The highest BCUT2D eigenvalue weighted by Crippen LogP contribution is 2.00. The standard InChI is InChI=1S/C16H18N6O6/c17-11(3-9-5-19-7-21-9)15(25)27-13(23)1-2-14(24)28-16(26)12(18)4-10-6-20-8-22-10/h1-2,5-8,11-12H,3-4,17-18H2,(H,19,21)(H,20,22)/b2-1-/t11-,12-/m0/s1. The van der Waals surface area contributed by atoms with Gasteiger partial charge in [0.25, 0.3) is 0 Å². The third kappa shape index (κ3) is 6.59. The molecular weight excluding hydrogens is 372 g/mol. The minimum atomic E-state index is -1.14. The maximum Gasteiger partial charge on any atom is 0.338 e. The van der Waals surface area contributed by atoms with Crippen molar-refractivity contribution in [2.24, 2.45) is 11.5 Å². The Labute approximate surface area is 158 Å². The molecule has 148 valence electrons. The number of aromatic amines is 2. The molecule has 0 amide bonds. The summed E-state index contributed by atoms with van der Waals surface area (Å²) in [7, 11) is 0. The zero-order valence-corrected chi connectivity index (χ0v) is 14.5. The molecule has 2 atom stereocenters. The quantitative estimate of drug-likeness (QED) is 0.228. The van der Waals surface area contributed by atoms with Crippen molar-refractivity contribution in [3.8, 4) is 0 Å². The molecule has 12 nitrogen and oxygen atoms in total. The highest BCUT2D eigenvalue weighted by Gasteiger charge is 2.20. The molecule has 0 unspecified atom stereocenters. The molecule has 6 N–H and O–H groups in total. The number of aromatic nitrogens is 4. The second-order valence-electron chi connectivity index (χ2n) is 5.59. The van der Waals surface area contributed by atoms with Gasteiger partial charge in [0.2, 0.25) is 0 Å². The van der Waals surface area contributed by atoms with E-state index in [2.05, 4.69) is 29.4 Å². The largest absolute Gasteiger partial charge is 0.389 e. The summed E-state index contributed by atoms with van der Waals surface area (Å²) in [6.07, 6.45) is 7.21. The van der Waals surface area contributed by atoms with E-state index in [1.165, 1.54) is 25.0 Å². The normalized spacial score (nSPS) is 13.1. The molecule has 0 saturated heterocycles. The van der Waals surface area contributed by atoms with Gasteiger partial charge < -0.3 is 30.9 Å². The zero-order valence-electron chi connectivity index (χ0n) is 14.5. The van der Waals surface area contributed by atoms with Gasteiger partial charge in [-0.2, -0.15) is 0 Å². The van der Waals surface area contributed by atoms with Crippen molar-refractivity contribution < 1.29 is 28.7 Å². The Morgan fingerprint density at radius 2 is 1.25 bits per heavy atom. The molecule has 2 rings (SSSR count). The average Bonchev–Trinajstić information content (AvgIpc) is 3.33. The summed E-state index contributed by atoms with van der Waals surface area (Å²) in [6, 6.07) is -2.21. The summed E-state index contributed by atoms with van der Waals surface area (Å²) in [5.41, 5.74) is 12.4. The Hall–Kier alpha value is -3.64. The number of hydrogen-bond donors (Lipinski definition) is 4. The molecule has 12 heteroatoms. The lowest BCUT2D eigenvalue weighted by Crippen LogP contribution is -2.36. The van der Waals surface area contributed by atoms with E-state index in [-0.39, 0.29) is 12.8 Å². The highest BCUT2D eigenvalue weighted by molar-refractivity contribution is 6.00. The first-order valence-corrected chi connectivity index (χ1v) is 8.00. The first-order chi connectivity index (χ1) is 13.3. The number of carbonyl (C=O) groups is 4. The SMILES string of the molecule is N[C@@H](Cc1cnc[nH]1)C(=O)OC(=O)/C=C\C(=O)OC(=O)[C@@H](N)Cc1cnc[nH]1. The van der Waals surface area contributed by atoms with Crippen LogP contribution in [0.15, 0.2) is 37.2 Å². The van der Waals surface area contributed by atoms with Gasteiger partial charge in [0.1, 0.15) is 12.1 Å². The lowest BCUT2D eigenvalue weighted by molar-refractivity contribution is -0.160. The molecular formula is C16H18N6O6. The van der Waals surface area contributed by atoms with Gasteiger partial charge in [0, 0.05) is 48.8 Å². The summed E-state index contributed by atoms with van der Waals surface area (Å²) in [4.78, 5) is 59.6. The van der Waals surface area contributed by atoms with Crippen LogP contribution in [0.3, 0.4) is 0 Å². The first-order valence-electron chi connectivity index (χ1n) is 8.00. The summed E-state index contributed by atoms with van der Waals surface area (Å²) < 4.78 is 8.96. The molecule has 0 aliphatic heterocycles. The van der Waals surface area contributed by atoms with Crippen molar-refractivity contribution in [3.63, 3.8) is 0 Å². The van der Waals surface area contributed by atoms with Gasteiger partial charge in [-0.25, -0.2) is 29.1 Å². The lowest BCUT2D eigenvalue weighted by atomic mass is 10.2. The molecule has 28 heavy (non-hydrogen) atoms. The fourth-order valence-electron chi connectivity index (χ4n) is 1.99. The van der Waals surface area contributed by atoms with Crippen molar-refractivity contribution in [3.05, 3.63) is 48.6 Å². The zero-order chi connectivity index (χ0) is 20.5. The van der Waals surface area contributed by atoms with Crippen LogP contribution in [0.4, 0.5) is 0 Å². The molecule has 2 heterocycles. The van der Waals surface area contributed by atoms with E-state index in [9.17, 15) is 19.2 Å². The number of ether oxygens (including phenoxy) is 2. The predicted octanol–water partition coefficient (Wildman–Crippen LogP) is -1.73. The Bertz CT molecular complexity index is 775. The highest BCUT2D eigenvalue weighted by atomic mass is 16.6. The van der Waals surface area contributed by atoms with Crippen molar-refractivity contribution in [1.82, 2.24) is 19.9 Å². The number of carbonyl (C=O) groups excluding carboxylic acids is 4. The van der Waals surface area contributed by atoms with E-state index in [0.29, 0.717) is 23.5 Å². The maximum atomic E-state index is 11.7. The van der Waals surface area contributed by atoms with Crippen LogP contribution >= 0.6 is 0 Å². The predicted molar refractivity (Wildman–Crippen MR) is 91.9 cm³/mol. The number of rotatable bonds is 8. The second-order valence-corrected chi connectivity index (χ2v) is 5.59. The minimum absolute atomic E-state index is 0.0839. The summed E-state index contributed by atoms with van der Waals surface area (Å²) in [5, 5.41) is 0. The molecule has 0 saturated carbocycles. The van der Waals surface area contributed by atoms with E-state index in [1.807, 2.05) is 0 Å². The van der Waals surface area contributed by atoms with Crippen LogP contribution in [0.5, 0.6) is 0 Å². The summed E-state index contributed by atoms with van der Waals surface area (Å²) in [5.74, 6) is -4.27. The second kappa shape index (κ2) is 9.89. The minimum Gasteiger partial charge on any atom is -0.389 e. The molecule has 2 aromatic heterocycles. The Kier molecular flexibility index (Phi) is 7.30. The summed E-state index contributed by atoms with van der Waals surface area (Å²) >= 11 is 0. The third-order valence-electron chi connectivity index (χ3n) is 3.35. The van der Waals surface area contributed by atoms with Gasteiger partial charge in [-0.3, -0.25) is 0 Å². The third-order valence-corrected chi connectivity index (χ3v) is 3.35. The van der Waals surface area contributed by atoms with Gasteiger partial charge in [-0.05, 0) is 0 Å². The lowest BCUT2D eigenvalue weighted by Gasteiger charge is -2.08. The van der Waals surface area contributed by atoms with Crippen LogP contribution in [0.25, 0.3) is 0 Å². The number of hydrogen-bond acceptors (Lipinski definition) is 10. The van der Waals surface area contributed by atoms with E-state index in [1.54, 1.807) is 0 Å². The number of nitrogens with two attached hydrogens (primary N) is 2. The van der Waals surface area contributed by atoms with Crippen molar-refractivity contribution in [2.45, 2.75) is 24.9 Å². The molecule has 0 aromatic carbocycles. The first kappa shape index (κ1) is 20.7. The van der Waals surface area contributed by atoms with Crippen molar-refractivity contribution >= 4 is 23.9 Å². The van der Waals surface area contributed by atoms with E-state index in [4.69, 9.17) is 11.5 Å². The maximum absolute atomic E-state index is 11.7. The monoisotopic (exact) mass is 390 g/mol. The van der Waals surface area contributed by atoms with Gasteiger partial charge >= 0.3 is 23.9 Å². The van der Waals surface area contributed by atoms with Crippen molar-refractivity contribution in [1.29, 1.82) is 0 Å². The van der Waals surface area contributed by atoms with Gasteiger partial charge in [0.15, 0.2) is 0 Å². The molecule has 0 radical (unpaired) electrons.